The topological polar surface area (TPSA) is 21.3 Å². The molecule has 0 radical (unpaired) electrons. The zero-order valence-electron chi connectivity index (χ0n) is 9.88. The molecule has 2 nitrogen and oxygen atoms in total. The number of hydrogen-bond acceptors (Lipinski definition) is 2. The molecule has 0 saturated carbocycles. The van der Waals surface area contributed by atoms with Crippen molar-refractivity contribution in [3.63, 3.8) is 0 Å². The lowest BCUT2D eigenvalue weighted by atomic mass is 10.0. The third-order valence-electron chi connectivity index (χ3n) is 3.29. The summed E-state index contributed by atoms with van der Waals surface area (Å²) < 4.78 is 19.8. The van der Waals surface area contributed by atoms with Gasteiger partial charge in [0.15, 0.2) is 0 Å². The van der Waals surface area contributed by atoms with Crippen LogP contribution in [0.2, 0.25) is 0 Å². The Morgan fingerprint density at radius 3 is 3.12 bits per heavy atom. The average molecular weight is 302 g/mol. The molecule has 1 aromatic rings. The Labute approximate surface area is 110 Å². The van der Waals surface area contributed by atoms with Crippen LogP contribution >= 0.6 is 15.9 Å². The third-order valence-corrected chi connectivity index (χ3v) is 3.79. The summed E-state index contributed by atoms with van der Waals surface area (Å²) >= 11 is 3.36. The van der Waals surface area contributed by atoms with Gasteiger partial charge in [-0.3, -0.25) is 0 Å². The SMILES string of the molecule is CC(NCc1cc(Br)ccc1F)C1CCOC1. The molecule has 0 bridgehead atoms. The van der Waals surface area contributed by atoms with E-state index in [0.717, 1.165) is 24.1 Å². The van der Waals surface area contributed by atoms with E-state index in [2.05, 4.69) is 28.2 Å². The van der Waals surface area contributed by atoms with Gasteiger partial charge < -0.3 is 10.1 Å². The highest BCUT2D eigenvalue weighted by molar-refractivity contribution is 9.10. The van der Waals surface area contributed by atoms with Crippen molar-refractivity contribution in [2.75, 3.05) is 13.2 Å². The second-order valence-electron chi connectivity index (χ2n) is 4.53. The van der Waals surface area contributed by atoms with Crippen LogP contribution in [0.25, 0.3) is 0 Å². The monoisotopic (exact) mass is 301 g/mol. The molecule has 1 aliphatic heterocycles. The molecule has 17 heavy (non-hydrogen) atoms. The van der Waals surface area contributed by atoms with Crippen LogP contribution in [0.4, 0.5) is 4.39 Å². The highest BCUT2D eigenvalue weighted by atomic mass is 79.9. The first-order valence-corrected chi connectivity index (χ1v) is 6.71. The van der Waals surface area contributed by atoms with Crippen LogP contribution in [0.15, 0.2) is 22.7 Å². The van der Waals surface area contributed by atoms with Gasteiger partial charge in [0.1, 0.15) is 5.82 Å². The molecule has 0 aliphatic carbocycles. The van der Waals surface area contributed by atoms with Gasteiger partial charge in [-0.1, -0.05) is 15.9 Å². The minimum atomic E-state index is -0.157. The first-order valence-electron chi connectivity index (χ1n) is 5.92. The van der Waals surface area contributed by atoms with Crippen LogP contribution in [-0.2, 0) is 11.3 Å². The van der Waals surface area contributed by atoms with Crippen LogP contribution in [-0.4, -0.2) is 19.3 Å². The van der Waals surface area contributed by atoms with Crippen molar-refractivity contribution in [2.45, 2.75) is 25.9 Å². The van der Waals surface area contributed by atoms with E-state index in [-0.39, 0.29) is 5.82 Å². The van der Waals surface area contributed by atoms with Gasteiger partial charge in [0.05, 0.1) is 6.61 Å². The van der Waals surface area contributed by atoms with Gasteiger partial charge in [-0.25, -0.2) is 4.39 Å². The van der Waals surface area contributed by atoms with Crippen molar-refractivity contribution in [3.8, 4) is 0 Å². The van der Waals surface area contributed by atoms with Crippen molar-refractivity contribution in [3.05, 3.63) is 34.1 Å². The van der Waals surface area contributed by atoms with Crippen molar-refractivity contribution in [2.24, 2.45) is 5.92 Å². The lowest BCUT2D eigenvalue weighted by Gasteiger charge is -2.19. The summed E-state index contributed by atoms with van der Waals surface area (Å²) in [7, 11) is 0. The standard InChI is InChI=1S/C13H17BrFNO/c1-9(10-4-5-17-8-10)16-7-11-6-12(14)2-3-13(11)15/h2-3,6,9-10,16H,4-5,7-8H2,1H3. The fourth-order valence-corrected chi connectivity index (χ4v) is 2.47. The number of hydrogen-bond donors (Lipinski definition) is 1. The highest BCUT2D eigenvalue weighted by Crippen LogP contribution is 2.18. The minimum absolute atomic E-state index is 0.157. The third kappa shape index (κ3) is 3.50. The van der Waals surface area contributed by atoms with Crippen molar-refractivity contribution < 1.29 is 9.13 Å². The first kappa shape index (κ1) is 13.0. The summed E-state index contributed by atoms with van der Waals surface area (Å²) in [6, 6.07) is 5.38. The fraction of sp³-hybridized carbons (Fsp3) is 0.538. The Morgan fingerprint density at radius 1 is 1.59 bits per heavy atom. The summed E-state index contributed by atoms with van der Waals surface area (Å²) in [4.78, 5) is 0. The van der Waals surface area contributed by atoms with Crippen LogP contribution in [0.5, 0.6) is 0 Å². The second kappa shape index (κ2) is 5.94. The van der Waals surface area contributed by atoms with Gasteiger partial charge in [0.2, 0.25) is 0 Å². The van der Waals surface area contributed by atoms with E-state index in [9.17, 15) is 4.39 Å². The molecule has 1 saturated heterocycles. The molecule has 0 amide bonds. The lowest BCUT2D eigenvalue weighted by Crippen LogP contribution is -2.33. The van der Waals surface area contributed by atoms with Crippen LogP contribution in [0.1, 0.15) is 18.9 Å². The van der Waals surface area contributed by atoms with E-state index in [4.69, 9.17) is 4.74 Å². The van der Waals surface area contributed by atoms with E-state index in [0.29, 0.717) is 24.1 Å². The number of benzene rings is 1. The normalized spacial score (nSPS) is 21.7. The van der Waals surface area contributed by atoms with Crippen LogP contribution in [0.3, 0.4) is 0 Å². The largest absolute Gasteiger partial charge is 0.381 e. The summed E-state index contributed by atoms with van der Waals surface area (Å²) in [6.45, 7) is 4.36. The molecule has 1 heterocycles. The van der Waals surface area contributed by atoms with E-state index in [1.54, 1.807) is 6.07 Å². The Balaban J connectivity index is 1.90. The minimum Gasteiger partial charge on any atom is -0.381 e. The summed E-state index contributed by atoms with van der Waals surface area (Å²) in [5.41, 5.74) is 0.699. The molecule has 1 fully saturated rings. The Kier molecular flexibility index (Phi) is 4.54. The summed E-state index contributed by atoms with van der Waals surface area (Å²) in [5, 5.41) is 3.37. The van der Waals surface area contributed by atoms with Gasteiger partial charge in [0.25, 0.3) is 0 Å². The molecule has 1 N–H and O–H groups in total. The number of rotatable bonds is 4. The average Bonchev–Trinajstić information content (AvgIpc) is 2.83. The Morgan fingerprint density at radius 2 is 2.41 bits per heavy atom. The predicted molar refractivity (Wildman–Crippen MR) is 69.3 cm³/mol. The number of halogens is 2. The quantitative estimate of drug-likeness (QED) is 0.923. The van der Waals surface area contributed by atoms with Crippen LogP contribution < -0.4 is 5.32 Å². The maximum atomic E-state index is 13.5. The molecule has 2 atom stereocenters. The molecule has 2 rings (SSSR count). The van der Waals surface area contributed by atoms with Crippen LogP contribution in [0, 0.1) is 11.7 Å². The van der Waals surface area contributed by atoms with E-state index >= 15 is 0 Å². The van der Waals surface area contributed by atoms with Gasteiger partial charge >= 0.3 is 0 Å². The van der Waals surface area contributed by atoms with E-state index in [1.165, 1.54) is 6.07 Å². The van der Waals surface area contributed by atoms with Crippen molar-refractivity contribution in [1.82, 2.24) is 5.32 Å². The molecule has 0 spiro atoms. The summed E-state index contributed by atoms with van der Waals surface area (Å²) in [5.74, 6) is 0.390. The molecule has 1 aromatic carbocycles. The van der Waals surface area contributed by atoms with Crippen molar-refractivity contribution >= 4 is 15.9 Å². The first-order chi connectivity index (χ1) is 8.16. The number of nitrogens with one attached hydrogen (secondary N) is 1. The van der Waals surface area contributed by atoms with Gasteiger partial charge in [-0.05, 0) is 37.5 Å². The lowest BCUT2D eigenvalue weighted by molar-refractivity contribution is 0.178. The molecule has 2 unspecified atom stereocenters. The molecule has 4 heteroatoms. The predicted octanol–water partition coefficient (Wildman–Crippen LogP) is 3.10. The number of ether oxygens (including phenoxy) is 1. The van der Waals surface area contributed by atoms with Gasteiger partial charge in [-0.2, -0.15) is 0 Å². The smallest absolute Gasteiger partial charge is 0.127 e. The maximum absolute atomic E-state index is 13.5. The highest BCUT2D eigenvalue weighted by Gasteiger charge is 2.21. The zero-order chi connectivity index (χ0) is 12.3. The zero-order valence-corrected chi connectivity index (χ0v) is 11.5. The molecule has 0 aromatic heterocycles. The molecular formula is C13H17BrFNO. The van der Waals surface area contributed by atoms with Gasteiger partial charge in [-0.15, -0.1) is 0 Å². The van der Waals surface area contributed by atoms with E-state index in [1.807, 2.05) is 6.07 Å². The molecule has 1 aliphatic rings. The molecular weight excluding hydrogens is 285 g/mol. The second-order valence-corrected chi connectivity index (χ2v) is 5.44. The van der Waals surface area contributed by atoms with Gasteiger partial charge in [0, 0.05) is 29.2 Å². The Hall–Kier alpha value is -0.450. The van der Waals surface area contributed by atoms with E-state index < -0.39 is 0 Å². The molecule has 94 valence electrons. The maximum Gasteiger partial charge on any atom is 0.127 e. The summed E-state index contributed by atoms with van der Waals surface area (Å²) in [6.07, 6.45) is 1.09. The fourth-order valence-electron chi connectivity index (χ4n) is 2.06. The van der Waals surface area contributed by atoms with Crippen molar-refractivity contribution in [1.29, 1.82) is 0 Å². The Bertz CT molecular complexity index is 380.